The summed E-state index contributed by atoms with van der Waals surface area (Å²) in [6, 6.07) is 4.61. The van der Waals surface area contributed by atoms with Crippen LogP contribution in [0.5, 0.6) is 0 Å². The molecule has 1 heterocycles. The van der Waals surface area contributed by atoms with E-state index in [0.29, 0.717) is 11.0 Å². The van der Waals surface area contributed by atoms with E-state index in [1.165, 1.54) is 23.8 Å². The van der Waals surface area contributed by atoms with Crippen molar-refractivity contribution in [1.82, 2.24) is 9.55 Å². The number of rotatable bonds is 4. The molecular weight excluding hydrogens is 314 g/mol. The fourth-order valence-electron chi connectivity index (χ4n) is 2.34. The second-order valence-corrected chi connectivity index (χ2v) is 6.38. The summed E-state index contributed by atoms with van der Waals surface area (Å²) >= 11 is 0. The Balaban J connectivity index is 2.36. The number of nitrogens with one attached hydrogen (secondary N) is 1. The molecule has 1 atom stereocenters. The summed E-state index contributed by atoms with van der Waals surface area (Å²) in [5, 5.41) is 0. The number of ether oxygens (including phenoxy) is 2. The second-order valence-electron chi connectivity index (χ2n) is 6.38. The Morgan fingerprint density at radius 3 is 2.58 bits per heavy atom. The first-order chi connectivity index (χ1) is 11.1. The summed E-state index contributed by atoms with van der Waals surface area (Å²) < 4.78 is 11.1. The van der Waals surface area contributed by atoms with Gasteiger partial charge in [0.2, 0.25) is 0 Å². The van der Waals surface area contributed by atoms with E-state index in [2.05, 4.69) is 9.72 Å². The third kappa shape index (κ3) is 3.83. The number of methoxy groups -OCH3 is 1. The molecule has 8 heteroatoms. The third-order valence-electron chi connectivity index (χ3n) is 3.27. The van der Waals surface area contributed by atoms with Crippen molar-refractivity contribution in [3.05, 3.63) is 34.2 Å². The molecular formula is C16H21N3O5. The number of nitrogens with two attached hydrogens (primary N) is 1. The van der Waals surface area contributed by atoms with Gasteiger partial charge in [0.15, 0.2) is 0 Å². The van der Waals surface area contributed by atoms with Crippen LogP contribution in [0.4, 0.5) is 0 Å². The molecule has 1 aromatic carbocycles. The fraction of sp³-hybridized carbons (Fsp3) is 0.438. The molecule has 24 heavy (non-hydrogen) atoms. The topological polar surface area (TPSA) is 116 Å². The normalized spacial score (nSPS) is 12.9. The van der Waals surface area contributed by atoms with Gasteiger partial charge in [-0.15, -0.1) is 0 Å². The number of aromatic nitrogens is 2. The molecule has 8 nitrogen and oxygen atoms in total. The minimum atomic E-state index is -0.922. The maximum atomic E-state index is 12.2. The van der Waals surface area contributed by atoms with Crippen molar-refractivity contribution in [2.24, 2.45) is 5.73 Å². The monoisotopic (exact) mass is 335 g/mol. The molecule has 0 bridgehead atoms. The largest absolute Gasteiger partial charge is 0.465 e. The van der Waals surface area contributed by atoms with E-state index in [1.54, 1.807) is 26.8 Å². The number of hydrogen-bond acceptors (Lipinski definition) is 6. The van der Waals surface area contributed by atoms with Gasteiger partial charge in [-0.2, -0.15) is 0 Å². The summed E-state index contributed by atoms with van der Waals surface area (Å²) in [7, 11) is 1.27. The lowest BCUT2D eigenvalue weighted by Gasteiger charge is -2.21. The predicted octanol–water partition coefficient (Wildman–Crippen LogP) is 1.31. The van der Waals surface area contributed by atoms with Crippen LogP contribution in [0.1, 0.15) is 43.7 Å². The van der Waals surface area contributed by atoms with Gasteiger partial charge in [-0.05, 0) is 39.0 Å². The number of carbonyl (C=O) groups is 2. The van der Waals surface area contributed by atoms with Gasteiger partial charge >= 0.3 is 17.6 Å². The van der Waals surface area contributed by atoms with E-state index in [1.807, 2.05) is 0 Å². The lowest BCUT2D eigenvalue weighted by atomic mass is 10.2. The van der Waals surface area contributed by atoms with Crippen LogP contribution in [0.25, 0.3) is 11.0 Å². The SMILES string of the molecule is COC(=O)c1ccc2[nH]c(=O)n(C(N)CC(=O)OC(C)(C)C)c2c1. The summed E-state index contributed by atoms with van der Waals surface area (Å²) in [6.45, 7) is 5.24. The fourth-order valence-corrected chi connectivity index (χ4v) is 2.34. The van der Waals surface area contributed by atoms with Gasteiger partial charge in [-0.1, -0.05) is 0 Å². The molecule has 0 radical (unpaired) electrons. The molecule has 1 aromatic heterocycles. The van der Waals surface area contributed by atoms with E-state index in [4.69, 9.17) is 10.5 Å². The van der Waals surface area contributed by atoms with Gasteiger partial charge in [0.25, 0.3) is 0 Å². The van der Waals surface area contributed by atoms with Gasteiger partial charge in [-0.25, -0.2) is 9.59 Å². The van der Waals surface area contributed by atoms with Crippen LogP contribution in [-0.2, 0) is 14.3 Å². The standard InChI is InChI=1S/C16H21N3O5/c1-16(2,3)24-13(20)8-12(17)19-11-7-9(14(21)23-4)5-6-10(11)18-15(19)22/h5-7,12H,8,17H2,1-4H3,(H,18,22). The van der Waals surface area contributed by atoms with E-state index in [9.17, 15) is 14.4 Å². The van der Waals surface area contributed by atoms with Gasteiger partial charge in [-0.3, -0.25) is 9.36 Å². The van der Waals surface area contributed by atoms with Gasteiger partial charge in [0.05, 0.1) is 36.3 Å². The minimum absolute atomic E-state index is 0.174. The first kappa shape index (κ1) is 17.7. The van der Waals surface area contributed by atoms with Crippen molar-refractivity contribution in [2.75, 3.05) is 7.11 Å². The first-order valence-corrected chi connectivity index (χ1v) is 7.42. The third-order valence-corrected chi connectivity index (χ3v) is 3.27. The Labute approximate surface area is 138 Å². The van der Waals surface area contributed by atoms with E-state index < -0.39 is 29.4 Å². The first-order valence-electron chi connectivity index (χ1n) is 7.42. The lowest BCUT2D eigenvalue weighted by molar-refractivity contribution is -0.155. The molecule has 2 rings (SSSR count). The van der Waals surface area contributed by atoms with Crippen LogP contribution in [0.3, 0.4) is 0 Å². The van der Waals surface area contributed by atoms with E-state index in [-0.39, 0.29) is 12.0 Å². The summed E-state index contributed by atoms with van der Waals surface area (Å²) in [5.41, 5.74) is 6.10. The number of benzene rings is 1. The predicted molar refractivity (Wildman–Crippen MR) is 87.6 cm³/mol. The van der Waals surface area contributed by atoms with Crippen molar-refractivity contribution in [2.45, 2.75) is 39.0 Å². The summed E-state index contributed by atoms with van der Waals surface area (Å²) in [5.74, 6) is -1.04. The smallest absolute Gasteiger partial charge is 0.337 e. The van der Waals surface area contributed by atoms with E-state index in [0.717, 1.165) is 0 Å². The molecule has 0 aliphatic rings. The van der Waals surface area contributed by atoms with Crippen LogP contribution < -0.4 is 11.4 Å². The zero-order valence-corrected chi connectivity index (χ0v) is 14.1. The Bertz CT molecular complexity index is 828. The van der Waals surface area contributed by atoms with E-state index >= 15 is 0 Å². The van der Waals surface area contributed by atoms with Crippen molar-refractivity contribution in [3.63, 3.8) is 0 Å². The number of hydrogen-bond donors (Lipinski definition) is 2. The molecule has 0 amide bonds. The highest BCUT2D eigenvalue weighted by molar-refractivity contribution is 5.93. The number of fused-ring (bicyclic) bond motifs is 1. The molecule has 130 valence electrons. The molecule has 0 aliphatic heterocycles. The Kier molecular flexibility index (Phi) is 4.79. The summed E-state index contributed by atoms with van der Waals surface area (Å²) in [6.07, 6.45) is -1.10. The van der Waals surface area contributed by atoms with Crippen LogP contribution in [-0.4, -0.2) is 34.2 Å². The van der Waals surface area contributed by atoms with Crippen LogP contribution in [0.2, 0.25) is 0 Å². The quantitative estimate of drug-likeness (QED) is 0.814. The van der Waals surface area contributed by atoms with Crippen molar-refractivity contribution in [3.8, 4) is 0 Å². The molecule has 1 unspecified atom stereocenters. The summed E-state index contributed by atoms with van der Waals surface area (Å²) in [4.78, 5) is 38.4. The molecule has 3 N–H and O–H groups in total. The van der Waals surface area contributed by atoms with Gasteiger partial charge in [0.1, 0.15) is 5.60 Å². The highest BCUT2D eigenvalue weighted by Crippen LogP contribution is 2.18. The van der Waals surface area contributed by atoms with Crippen LogP contribution in [0.15, 0.2) is 23.0 Å². The Morgan fingerprint density at radius 1 is 1.33 bits per heavy atom. The highest BCUT2D eigenvalue weighted by atomic mass is 16.6. The number of carbonyl (C=O) groups excluding carboxylic acids is 2. The number of aromatic amines is 1. The maximum Gasteiger partial charge on any atom is 0.337 e. The van der Waals surface area contributed by atoms with Gasteiger partial charge < -0.3 is 20.2 Å². The molecule has 0 aliphatic carbocycles. The molecule has 0 fully saturated rings. The number of H-pyrrole nitrogens is 1. The average molecular weight is 335 g/mol. The Morgan fingerprint density at radius 2 is 2.00 bits per heavy atom. The van der Waals surface area contributed by atoms with Crippen LogP contribution in [0, 0.1) is 0 Å². The van der Waals surface area contributed by atoms with Crippen molar-refractivity contribution >= 4 is 23.0 Å². The zero-order valence-electron chi connectivity index (χ0n) is 14.1. The minimum Gasteiger partial charge on any atom is -0.465 e. The average Bonchev–Trinajstić information content (AvgIpc) is 2.78. The zero-order chi connectivity index (χ0) is 18.1. The molecule has 0 spiro atoms. The Hall–Kier alpha value is -2.61. The number of imidazole rings is 1. The highest BCUT2D eigenvalue weighted by Gasteiger charge is 2.22. The van der Waals surface area contributed by atoms with Crippen molar-refractivity contribution in [1.29, 1.82) is 0 Å². The number of nitrogens with zero attached hydrogens (tertiary/aromatic N) is 1. The number of esters is 2. The lowest BCUT2D eigenvalue weighted by Crippen LogP contribution is -2.32. The molecule has 0 saturated heterocycles. The van der Waals surface area contributed by atoms with Crippen molar-refractivity contribution < 1.29 is 19.1 Å². The maximum absolute atomic E-state index is 12.2. The molecule has 2 aromatic rings. The van der Waals surface area contributed by atoms with Gasteiger partial charge in [0, 0.05) is 0 Å². The second kappa shape index (κ2) is 6.48. The molecule has 0 saturated carbocycles. The van der Waals surface area contributed by atoms with Crippen LogP contribution >= 0.6 is 0 Å².